The fraction of sp³-hybridized carbons (Fsp3) is 0.190. The first-order valence-electron chi connectivity index (χ1n) is 16.0. The molecule has 0 fully saturated rings. The zero-order valence-corrected chi connectivity index (χ0v) is 24.4. The highest BCUT2D eigenvalue weighted by atomic mass is 15.0. The minimum Gasteiger partial charge on any atom is -0.313 e. The number of aromatic nitrogens is 1. The van der Waals surface area contributed by atoms with Crippen molar-refractivity contribution in [2.24, 2.45) is 17.8 Å². The monoisotopic (exact) mass is 553 g/mol. The molecule has 4 aromatic rings. The average Bonchev–Trinajstić information content (AvgIpc) is 3.42. The number of benzene rings is 3. The Kier molecular flexibility index (Phi) is 5.79. The van der Waals surface area contributed by atoms with E-state index >= 15 is 0 Å². The number of allylic oxidation sites excluding steroid dienone is 15. The van der Waals surface area contributed by atoms with Crippen LogP contribution in [0.1, 0.15) is 48.3 Å². The zero-order chi connectivity index (χ0) is 28.3. The zero-order valence-electron chi connectivity index (χ0n) is 24.4. The highest BCUT2D eigenvalue weighted by molar-refractivity contribution is 6.10. The van der Waals surface area contributed by atoms with Crippen LogP contribution >= 0.6 is 0 Å². The lowest BCUT2D eigenvalue weighted by Crippen LogP contribution is -2.20. The van der Waals surface area contributed by atoms with Gasteiger partial charge in [0.15, 0.2) is 0 Å². The van der Waals surface area contributed by atoms with Crippen LogP contribution in [0.5, 0.6) is 0 Å². The van der Waals surface area contributed by atoms with Crippen molar-refractivity contribution in [3.05, 3.63) is 161 Å². The van der Waals surface area contributed by atoms with E-state index in [0.29, 0.717) is 23.7 Å². The Morgan fingerprint density at radius 3 is 2.23 bits per heavy atom. The van der Waals surface area contributed by atoms with Crippen LogP contribution in [-0.2, 0) is 0 Å². The van der Waals surface area contributed by atoms with Crippen molar-refractivity contribution in [1.82, 2.24) is 4.57 Å². The van der Waals surface area contributed by atoms with Gasteiger partial charge in [-0.2, -0.15) is 0 Å². The molecule has 208 valence electrons. The Hall–Kier alpha value is -4.62. The Labute approximate surface area is 253 Å². The summed E-state index contributed by atoms with van der Waals surface area (Å²) in [6.07, 6.45) is 33.0. The lowest BCUT2D eigenvalue weighted by Gasteiger charge is -2.34. The van der Waals surface area contributed by atoms with Gasteiger partial charge in [0, 0.05) is 28.3 Å². The minimum atomic E-state index is 0.428. The number of para-hydroxylation sites is 2. The molecular weight excluding hydrogens is 518 g/mol. The molecule has 0 spiro atoms. The molecule has 5 aliphatic rings. The number of hydrogen-bond acceptors (Lipinski definition) is 0. The molecule has 0 bridgehead atoms. The van der Waals surface area contributed by atoms with E-state index in [9.17, 15) is 0 Å². The van der Waals surface area contributed by atoms with E-state index in [2.05, 4.69) is 144 Å². The summed E-state index contributed by atoms with van der Waals surface area (Å²) in [7, 11) is 0. The molecule has 0 aliphatic heterocycles. The standard InChI is InChI=1S/C42H35N/c1-2-14-35-28(9-1)21-24-37-36(35)23-22-29-19-20-33(27-40(29)37)31-11-7-10-30(25-31)32-12-8-13-34(26-32)43-41-17-5-3-15-38(41)39-16-4-6-18-42(39)43/h2-8,10-24,27,30,32,36-37H,1,9,25-26H2. The van der Waals surface area contributed by atoms with Gasteiger partial charge in [-0.25, -0.2) is 0 Å². The van der Waals surface area contributed by atoms with Gasteiger partial charge in [-0.15, -0.1) is 0 Å². The number of hydrogen-bond donors (Lipinski definition) is 0. The van der Waals surface area contributed by atoms with Crippen molar-refractivity contribution in [1.29, 1.82) is 0 Å². The quantitative estimate of drug-likeness (QED) is 0.238. The van der Waals surface area contributed by atoms with Crippen LogP contribution in [0.2, 0.25) is 0 Å². The first-order valence-corrected chi connectivity index (χ1v) is 16.0. The van der Waals surface area contributed by atoms with Crippen molar-refractivity contribution in [3.8, 4) is 0 Å². The second-order valence-electron chi connectivity index (χ2n) is 12.8. The van der Waals surface area contributed by atoms with E-state index in [1.54, 1.807) is 0 Å². The van der Waals surface area contributed by atoms with E-state index in [0.717, 1.165) is 12.8 Å². The molecule has 0 radical (unpaired) electrons. The predicted octanol–water partition coefficient (Wildman–Crippen LogP) is 10.8. The number of fused-ring (bicyclic) bond motifs is 7. The predicted molar refractivity (Wildman–Crippen MR) is 182 cm³/mol. The first-order chi connectivity index (χ1) is 21.3. The fourth-order valence-electron chi connectivity index (χ4n) is 8.27. The van der Waals surface area contributed by atoms with E-state index in [-0.39, 0.29) is 0 Å². The molecule has 1 heteroatoms. The minimum absolute atomic E-state index is 0.428. The third-order valence-electron chi connectivity index (χ3n) is 10.4. The molecule has 1 aromatic heterocycles. The summed E-state index contributed by atoms with van der Waals surface area (Å²) in [5.41, 5.74) is 12.7. The molecule has 4 unspecified atom stereocenters. The summed E-state index contributed by atoms with van der Waals surface area (Å²) in [5.74, 6) is 1.84. The summed E-state index contributed by atoms with van der Waals surface area (Å²) in [5, 5.41) is 2.66. The molecule has 5 aliphatic carbocycles. The van der Waals surface area contributed by atoms with E-state index in [1.807, 2.05) is 0 Å². The Morgan fingerprint density at radius 2 is 1.40 bits per heavy atom. The van der Waals surface area contributed by atoms with E-state index in [1.165, 1.54) is 73.8 Å². The van der Waals surface area contributed by atoms with Crippen LogP contribution in [0.3, 0.4) is 0 Å². The molecule has 43 heavy (non-hydrogen) atoms. The third-order valence-corrected chi connectivity index (χ3v) is 10.4. The SMILES string of the molecule is C1=CC(C2C=CC=C(n3c4ccccc4c4ccccc43)C2)CC(c2ccc3c(c2)C2C=CC4=C(C=CCC4)C2C=C3)=C1. The van der Waals surface area contributed by atoms with Crippen LogP contribution in [0.15, 0.2) is 145 Å². The number of nitrogens with zero attached hydrogens (tertiary/aromatic N) is 1. The second kappa shape index (κ2) is 9.99. The van der Waals surface area contributed by atoms with Gasteiger partial charge in [-0.1, -0.05) is 121 Å². The topological polar surface area (TPSA) is 4.93 Å². The van der Waals surface area contributed by atoms with Crippen LogP contribution in [0.4, 0.5) is 0 Å². The summed E-state index contributed by atoms with van der Waals surface area (Å²) in [4.78, 5) is 0. The molecule has 3 aromatic carbocycles. The van der Waals surface area contributed by atoms with Crippen LogP contribution in [-0.4, -0.2) is 4.57 Å². The highest BCUT2D eigenvalue weighted by Crippen LogP contribution is 2.46. The van der Waals surface area contributed by atoms with Gasteiger partial charge < -0.3 is 4.57 Å². The molecule has 9 rings (SSSR count). The van der Waals surface area contributed by atoms with Crippen LogP contribution in [0.25, 0.3) is 39.2 Å². The van der Waals surface area contributed by atoms with Crippen LogP contribution in [0, 0.1) is 17.8 Å². The molecule has 0 N–H and O–H groups in total. The highest BCUT2D eigenvalue weighted by Gasteiger charge is 2.31. The van der Waals surface area contributed by atoms with Gasteiger partial charge in [-0.3, -0.25) is 0 Å². The van der Waals surface area contributed by atoms with E-state index < -0.39 is 0 Å². The Bertz CT molecular complexity index is 1990. The summed E-state index contributed by atoms with van der Waals surface area (Å²) in [6.45, 7) is 0. The lowest BCUT2D eigenvalue weighted by molar-refractivity contribution is 0.483. The van der Waals surface area contributed by atoms with Crippen molar-refractivity contribution < 1.29 is 0 Å². The average molecular weight is 554 g/mol. The smallest absolute Gasteiger partial charge is 0.0537 e. The van der Waals surface area contributed by atoms with Crippen molar-refractivity contribution in [2.75, 3.05) is 0 Å². The van der Waals surface area contributed by atoms with Gasteiger partial charge in [0.05, 0.1) is 11.0 Å². The molecular formula is C42H35N. The maximum absolute atomic E-state index is 2.50. The van der Waals surface area contributed by atoms with Crippen molar-refractivity contribution in [3.63, 3.8) is 0 Å². The largest absolute Gasteiger partial charge is 0.313 e. The molecule has 4 atom stereocenters. The molecule has 0 saturated carbocycles. The van der Waals surface area contributed by atoms with Gasteiger partial charge in [0.2, 0.25) is 0 Å². The molecule has 1 heterocycles. The van der Waals surface area contributed by atoms with Gasteiger partial charge >= 0.3 is 0 Å². The third kappa shape index (κ3) is 4.06. The first kappa shape index (κ1) is 24.9. The lowest BCUT2D eigenvalue weighted by atomic mass is 9.69. The molecule has 0 saturated heterocycles. The summed E-state index contributed by atoms with van der Waals surface area (Å²) >= 11 is 0. The maximum atomic E-state index is 2.50. The summed E-state index contributed by atoms with van der Waals surface area (Å²) in [6, 6.07) is 24.9. The van der Waals surface area contributed by atoms with Gasteiger partial charge in [-0.05, 0) is 89.1 Å². The van der Waals surface area contributed by atoms with Gasteiger partial charge in [0.25, 0.3) is 0 Å². The van der Waals surface area contributed by atoms with Crippen LogP contribution < -0.4 is 0 Å². The molecule has 0 amide bonds. The maximum Gasteiger partial charge on any atom is 0.0537 e. The Balaban J connectivity index is 0.991. The van der Waals surface area contributed by atoms with E-state index in [4.69, 9.17) is 0 Å². The normalized spacial score (nSPS) is 25.5. The van der Waals surface area contributed by atoms with Gasteiger partial charge in [0.1, 0.15) is 0 Å². The molecule has 1 nitrogen and oxygen atoms in total. The van der Waals surface area contributed by atoms with Crippen molar-refractivity contribution in [2.45, 2.75) is 31.6 Å². The second-order valence-corrected chi connectivity index (χ2v) is 12.8. The van der Waals surface area contributed by atoms with Crippen molar-refractivity contribution >= 4 is 39.2 Å². The number of rotatable bonds is 3. The fourth-order valence-corrected chi connectivity index (χ4v) is 8.27. The summed E-state index contributed by atoms with van der Waals surface area (Å²) < 4.78 is 2.50. The Morgan fingerprint density at radius 1 is 0.651 bits per heavy atom.